The van der Waals surface area contributed by atoms with Crippen molar-refractivity contribution in [1.29, 1.82) is 0 Å². The highest BCUT2D eigenvalue weighted by Gasteiger charge is 2.59. The van der Waals surface area contributed by atoms with Crippen LogP contribution in [0.1, 0.15) is 13.8 Å². The third kappa shape index (κ3) is 12.2. The number of carboxylic acids is 2. The van der Waals surface area contributed by atoms with Crippen LogP contribution in [0.4, 0.5) is 0 Å². The molecule has 4 heterocycles. The standard InChI is InChI=1S/C28H44N2O29S2/c1-5(33)29-9-11(35)16(58-60(45,46)47)7(3-31)51-26(9)55-20-13(37)15(39)28(57-22(20)24(42)43)54-18-10(30-6(2)34)27(52-8(4-32)17(18)59-61(48,49)50)56-19-12(36)14(38)25(44)53-21(19)23(40)41/h7-22,25-28,31-32,35-39,44H,3-4H2,1-2H3,(H,29,33)(H,30,34)(H,40,41)(H,42,43)(H,45,46,47)(H,48,49,50)/t7-,8-,9-,10-,11-,12-,13-,14-,15-,16+,17+,18-,19+,20+,21+,22+,25+,26+,27+,28+/m1/s1. The minimum atomic E-state index is -5.62. The highest BCUT2D eigenvalue weighted by molar-refractivity contribution is 7.81. The smallest absolute Gasteiger partial charge is 0.397 e. The Morgan fingerprint density at radius 3 is 1.39 bits per heavy atom. The predicted octanol–water partition coefficient (Wildman–Crippen LogP) is -9.62. The zero-order valence-corrected chi connectivity index (χ0v) is 32.7. The molecule has 0 radical (unpaired) electrons. The molecule has 0 unspecified atom stereocenters. The molecule has 2 amide bonds. The number of rotatable bonds is 16. The Morgan fingerprint density at radius 2 is 0.934 bits per heavy atom. The van der Waals surface area contributed by atoms with E-state index in [4.69, 9.17) is 33.2 Å². The lowest BCUT2D eigenvalue weighted by atomic mass is 9.94. The highest BCUT2D eigenvalue weighted by atomic mass is 32.3. The minimum Gasteiger partial charge on any atom is -0.479 e. The molecule has 14 N–H and O–H groups in total. The van der Waals surface area contributed by atoms with Gasteiger partial charge in [0.25, 0.3) is 0 Å². The Hall–Kier alpha value is -2.98. The highest BCUT2D eigenvalue weighted by Crippen LogP contribution is 2.36. The number of hydrogen-bond donors (Lipinski definition) is 14. The Bertz CT molecular complexity index is 1790. The van der Waals surface area contributed by atoms with Crippen LogP contribution in [0.3, 0.4) is 0 Å². The second-order valence-electron chi connectivity index (χ2n) is 13.7. The number of carbonyl (C=O) groups excluding carboxylic acids is 2. The van der Waals surface area contributed by atoms with E-state index in [-0.39, 0.29) is 0 Å². The van der Waals surface area contributed by atoms with Crippen molar-refractivity contribution < 1.29 is 138 Å². The molecular formula is C28H44N2O29S2. The number of aliphatic carboxylic acids is 2. The maximum absolute atomic E-state index is 12.6. The average molecular weight is 937 g/mol. The van der Waals surface area contributed by atoms with Gasteiger partial charge in [-0.2, -0.15) is 16.8 Å². The number of aliphatic hydroxyl groups is 8. The van der Waals surface area contributed by atoms with E-state index in [1.54, 1.807) is 0 Å². The fourth-order valence-electron chi connectivity index (χ4n) is 6.77. The number of amides is 2. The van der Waals surface area contributed by atoms with Gasteiger partial charge in [0.05, 0.1) is 13.2 Å². The van der Waals surface area contributed by atoms with Gasteiger partial charge in [-0.25, -0.2) is 18.0 Å². The van der Waals surface area contributed by atoms with Crippen LogP contribution in [0.15, 0.2) is 0 Å². The molecule has 0 aromatic rings. The lowest BCUT2D eigenvalue weighted by molar-refractivity contribution is -0.366. The molecule has 33 heteroatoms. The summed E-state index contributed by atoms with van der Waals surface area (Å²) in [6.07, 6.45) is -41.5. The maximum atomic E-state index is 12.6. The van der Waals surface area contributed by atoms with Crippen molar-refractivity contribution in [2.75, 3.05) is 13.2 Å². The van der Waals surface area contributed by atoms with Gasteiger partial charge in [-0.05, 0) is 0 Å². The first kappa shape index (κ1) is 50.7. The number of hydrogen-bond acceptors (Lipinski definition) is 25. The first-order chi connectivity index (χ1) is 28.2. The van der Waals surface area contributed by atoms with Gasteiger partial charge in [-0.3, -0.25) is 18.7 Å². The number of carbonyl (C=O) groups is 4. The van der Waals surface area contributed by atoms with Gasteiger partial charge >= 0.3 is 32.7 Å². The minimum absolute atomic E-state index is 0.832. The van der Waals surface area contributed by atoms with E-state index in [2.05, 4.69) is 19.0 Å². The molecule has 4 rings (SSSR count). The van der Waals surface area contributed by atoms with Crippen molar-refractivity contribution >= 4 is 44.6 Å². The van der Waals surface area contributed by atoms with Crippen LogP contribution in [-0.2, 0) is 81.5 Å². The van der Waals surface area contributed by atoms with Gasteiger partial charge in [0.15, 0.2) is 37.4 Å². The van der Waals surface area contributed by atoms with Crippen LogP contribution < -0.4 is 10.6 Å². The van der Waals surface area contributed by atoms with E-state index in [1.165, 1.54) is 0 Å². The molecule has 61 heavy (non-hydrogen) atoms. The SMILES string of the molecule is CC(=O)N[C@H]1[C@H](O[C@H]2[C@H](O)[C@@H](O)[C@@H](O[C@@H]3[C@@H](NC(C)=O)[C@H](O[C@H]4[C@H](O)[C@@H](O)[C@@H](O)O[C@@H]4C(=O)O)O[C@H](CO)[C@@H]3OS(=O)(=O)O)O[C@@H]2C(=O)O)O[C@H](CO)[C@H](OS(=O)(=O)O)[C@@H]1O. The van der Waals surface area contributed by atoms with Gasteiger partial charge in [0.2, 0.25) is 11.8 Å². The largest absolute Gasteiger partial charge is 0.479 e. The van der Waals surface area contributed by atoms with Crippen molar-refractivity contribution in [3.05, 3.63) is 0 Å². The zero-order chi connectivity index (χ0) is 46.0. The van der Waals surface area contributed by atoms with Gasteiger partial charge in [0.1, 0.15) is 85.3 Å². The Kier molecular flexibility index (Phi) is 16.8. The quantitative estimate of drug-likeness (QED) is 0.0639. The van der Waals surface area contributed by atoms with E-state index in [1.807, 2.05) is 0 Å². The number of nitrogens with one attached hydrogen (secondary N) is 2. The average Bonchev–Trinajstić information content (AvgIpc) is 3.13. The Balaban J connectivity index is 1.72. The number of carboxylic acid groups (broad SMARTS) is 2. The van der Waals surface area contributed by atoms with Crippen LogP contribution in [0.25, 0.3) is 0 Å². The molecule has 4 fully saturated rings. The summed E-state index contributed by atoms with van der Waals surface area (Å²) < 4.78 is 113. The lowest BCUT2D eigenvalue weighted by Crippen LogP contribution is -2.71. The van der Waals surface area contributed by atoms with E-state index in [0.29, 0.717) is 0 Å². The second kappa shape index (κ2) is 20.2. The lowest BCUT2D eigenvalue weighted by Gasteiger charge is -2.50. The van der Waals surface area contributed by atoms with Crippen molar-refractivity contribution in [1.82, 2.24) is 10.6 Å². The normalized spacial score (nSPS) is 42.3. The van der Waals surface area contributed by atoms with Crippen LogP contribution in [-0.4, -0.2) is 237 Å². The Morgan fingerprint density at radius 1 is 0.525 bits per heavy atom. The first-order valence-electron chi connectivity index (χ1n) is 17.4. The summed E-state index contributed by atoms with van der Waals surface area (Å²) in [7, 11) is -11.0. The van der Waals surface area contributed by atoms with Gasteiger partial charge < -0.3 is 94.9 Å². The second-order valence-corrected chi connectivity index (χ2v) is 15.8. The third-order valence-corrected chi connectivity index (χ3v) is 10.3. The molecule has 352 valence electrons. The van der Waals surface area contributed by atoms with E-state index < -0.39 is 180 Å². The molecule has 0 aliphatic carbocycles. The summed E-state index contributed by atoms with van der Waals surface area (Å²) in [4.78, 5) is 49.1. The van der Waals surface area contributed by atoms with E-state index in [9.17, 15) is 96.2 Å². The van der Waals surface area contributed by atoms with Crippen molar-refractivity contribution in [3.63, 3.8) is 0 Å². The third-order valence-electron chi connectivity index (χ3n) is 9.35. The molecular weight excluding hydrogens is 892 g/mol. The molecule has 4 aliphatic rings. The summed E-state index contributed by atoms with van der Waals surface area (Å²) in [5.74, 6) is -5.98. The van der Waals surface area contributed by atoms with Gasteiger partial charge in [-0.15, -0.1) is 0 Å². The molecule has 0 bridgehead atoms. The topological polar surface area (TPSA) is 486 Å². The molecule has 0 aromatic heterocycles. The number of ether oxygens (including phenoxy) is 7. The molecule has 0 saturated carbocycles. The van der Waals surface area contributed by atoms with Crippen LogP contribution >= 0.6 is 0 Å². The predicted molar refractivity (Wildman–Crippen MR) is 179 cm³/mol. The van der Waals surface area contributed by atoms with Crippen LogP contribution in [0, 0.1) is 0 Å². The van der Waals surface area contributed by atoms with Crippen molar-refractivity contribution in [3.8, 4) is 0 Å². The van der Waals surface area contributed by atoms with Crippen molar-refractivity contribution in [2.45, 2.75) is 137 Å². The van der Waals surface area contributed by atoms with Crippen LogP contribution in [0.5, 0.6) is 0 Å². The Labute approximate surface area is 342 Å². The molecule has 4 aliphatic heterocycles. The summed E-state index contributed by atoms with van der Waals surface area (Å²) in [5, 5.41) is 108. The molecule has 20 atom stereocenters. The monoisotopic (exact) mass is 936 g/mol. The molecule has 0 aromatic carbocycles. The summed E-state index contributed by atoms with van der Waals surface area (Å²) in [6.45, 7) is -0.779. The summed E-state index contributed by atoms with van der Waals surface area (Å²) >= 11 is 0. The summed E-state index contributed by atoms with van der Waals surface area (Å²) in [6, 6.07) is -4.07. The van der Waals surface area contributed by atoms with E-state index in [0.717, 1.165) is 13.8 Å². The van der Waals surface area contributed by atoms with Crippen molar-refractivity contribution in [2.24, 2.45) is 0 Å². The van der Waals surface area contributed by atoms with Crippen LogP contribution in [0.2, 0.25) is 0 Å². The first-order valence-corrected chi connectivity index (χ1v) is 20.1. The van der Waals surface area contributed by atoms with E-state index >= 15 is 0 Å². The maximum Gasteiger partial charge on any atom is 0.397 e. The molecule has 4 saturated heterocycles. The summed E-state index contributed by atoms with van der Waals surface area (Å²) in [5.41, 5.74) is 0. The molecule has 31 nitrogen and oxygen atoms in total. The van der Waals surface area contributed by atoms with Gasteiger partial charge in [0, 0.05) is 13.8 Å². The zero-order valence-electron chi connectivity index (χ0n) is 31.1. The van der Waals surface area contributed by atoms with Gasteiger partial charge in [-0.1, -0.05) is 0 Å². The molecule has 0 spiro atoms. The number of aliphatic hydroxyl groups excluding tert-OH is 8. The fraction of sp³-hybridized carbons (Fsp3) is 0.857. The fourth-order valence-corrected chi connectivity index (χ4v) is 7.80.